The molecule has 0 aromatic rings. The SMILES string of the molecule is CC1(O)C(CI)CC2CCCC1C2. The van der Waals surface area contributed by atoms with E-state index in [1.54, 1.807) is 0 Å². The number of rotatable bonds is 1. The van der Waals surface area contributed by atoms with E-state index < -0.39 is 0 Å². The number of aliphatic hydroxyl groups is 1. The smallest absolute Gasteiger partial charge is 0.0683 e. The van der Waals surface area contributed by atoms with Crippen molar-refractivity contribution < 1.29 is 5.11 Å². The Hall–Kier alpha value is 0.690. The van der Waals surface area contributed by atoms with Crippen LogP contribution in [-0.2, 0) is 0 Å². The highest BCUT2D eigenvalue weighted by molar-refractivity contribution is 14.1. The van der Waals surface area contributed by atoms with Gasteiger partial charge in [-0.2, -0.15) is 0 Å². The van der Waals surface area contributed by atoms with E-state index >= 15 is 0 Å². The number of halogens is 1. The predicted octanol–water partition coefficient (Wildman–Crippen LogP) is 3.00. The molecule has 2 bridgehead atoms. The average Bonchev–Trinajstić information content (AvgIpc) is 2.13. The second kappa shape index (κ2) is 3.69. The van der Waals surface area contributed by atoms with Gasteiger partial charge >= 0.3 is 0 Å². The first-order valence-corrected chi connectivity index (χ1v) is 6.95. The fourth-order valence-electron chi connectivity index (χ4n) is 3.23. The monoisotopic (exact) mass is 294 g/mol. The number of hydrogen-bond acceptors (Lipinski definition) is 1. The van der Waals surface area contributed by atoms with Crippen LogP contribution in [0.4, 0.5) is 0 Å². The first kappa shape index (κ1) is 10.2. The molecule has 2 aliphatic carbocycles. The van der Waals surface area contributed by atoms with E-state index in [0.717, 1.165) is 10.3 Å². The number of alkyl halides is 1. The summed E-state index contributed by atoms with van der Waals surface area (Å²) in [6.45, 7) is 2.07. The summed E-state index contributed by atoms with van der Waals surface area (Å²) in [6.07, 6.45) is 6.59. The Balaban J connectivity index is 2.15. The van der Waals surface area contributed by atoms with Crippen LogP contribution in [-0.4, -0.2) is 15.1 Å². The lowest BCUT2D eigenvalue weighted by Crippen LogP contribution is -2.50. The van der Waals surface area contributed by atoms with Gasteiger partial charge in [-0.15, -0.1) is 0 Å². The largest absolute Gasteiger partial charge is 0.390 e. The second-order valence-corrected chi connectivity index (χ2v) is 5.92. The third-order valence-electron chi connectivity index (χ3n) is 4.24. The zero-order valence-electron chi connectivity index (χ0n) is 8.30. The molecule has 0 aliphatic heterocycles. The molecule has 4 atom stereocenters. The highest BCUT2D eigenvalue weighted by Crippen LogP contribution is 2.48. The molecule has 0 radical (unpaired) electrons. The minimum absolute atomic E-state index is 0.363. The Labute approximate surface area is 94.4 Å². The van der Waals surface area contributed by atoms with Crippen molar-refractivity contribution in [3.8, 4) is 0 Å². The van der Waals surface area contributed by atoms with Gasteiger partial charge in [-0.3, -0.25) is 0 Å². The van der Waals surface area contributed by atoms with Gasteiger partial charge in [0.25, 0.3) is 0 Å². The molecular weight excluding hydrogens is 275 g/mol. The van der Waals surface area contributed by atoms with Gasteiger partial charge in [0.15, 0.2) is 0 Å². The summed E-state index contributed by atoms with van der Waals surface area (Å²) >= 11 is 2.43. The Bertz CT molecular complexity index is 187. The summed E-state index contributed by atoms with van der Waals surface area (Å²) in [5.41, 5.74) is -0.363. The predicted molar refractivity (Wildman–Crippen MR) is 63.1 cm³/mol. The Morgan fingerprint density at radius 3 is 2.85 bits per heavy atom. The Morgan fingerprint density at radius 2 is 2.15 bits per heavy atom. The highest BCUT2D eigenvalue weighted by atomic mass is 127. The molecule has 0 aromatic heterocycles. The van der Waals surface area contributed by atoms with Crippen molar-refractivity contribution in [3.05, 3.63) is 0 Å². The molecule has 13 heavy (non-hydrogen) atoms. The van der Waals surface area contributed by atoms with Crippen LogP contribution in [0.15, 0.2) is 0 Å². The number of hydrogen-bond donors (Lipinski definition) is 1. The zero-order chi connectivity index (χ0) is 9.47. The van der Waals surface area contributed by atoms with Gasteiger partial charge in [0.1, 0.15) is 0 Å². The maximum atomic E-state index is 10.4. The lowest BCUT2D eigenvalue weighted by Gasteiger charge is -2.49. The van der Waals surface area contributed by atoms with E-state index in [0.29, 0.717) is 11.8 Å². The summed E-state index contributed by atoms with van der Waals surface area (Å²) in [6, 6.07) is 0. The second-order valence-electron chi connectivity index (χ2n) is 5.04. The molecule has 2 saturated carbocycles. The van der Waals surface area contributed by atoms with E-state index in [1.165, 1.54) is 32.1 Å². The Morgan fingerprint density at radius 1 is 1.38 bits per heavy atom. The van der Waals surface area contributed by atoms with Crippen molar-refractivity contribution in [2.24, 2.45) is 17.8 Å². The van der Waals surface area contributed by atoms with Crippen molar-refractivity contribution in [1.29, 1.82) is 0 Å². The first-order valence-electron chi connectivity index (χ1n) is 5.43. The first-order chi connectivity index (χ1) is 6.14. The Kier molecular flexibility index (Phi) is 2.90. The van der Waals surface area contributed by atoms with Gasteiger partial charge in [0.05, 0.1) is 5.60 Å². The topological polar surface area (TPSA) is 20.2 Å². The summed E-state index contributed by atoms with van der Waals surface area (Å²) < 4.78 is 1.12. The highest BCUT2D eigenvalue weighted by Gasteiger charge is 2.46. The van der Waals surface area contributed by atoms with Gasteiger partial charge in [0.2, 0.25) is 0 Å². The fourth-order valence-corrected chi connectivity index (χ4v) is 4.48. The lowest BCUT2D eigenvalue weighted by molar-refractivity contribution is -0.101. The lowest BCUT2D eigenvalue weighted by atomic mass is 9.61. The minimum Gasteiger partial charge on any atom is -0.390 e. The zero-order valence-corrected chi connectivity index (χ0v) is 10.5. The van der Waals surface area contributed by atoms with E-state index in [9.17, 15) is 5.11 Å². The van der Waals surface area contributed by atoms with Crippen molar-refractivity contribution in [3.63, 3.8) is 0 Å². The molecule has 2 aliphatic rings. The van der Waals surface area contributed by atoms with E-state index in [4.69, 9.17) is 0 Å². The van der Waals surface area contributed by atoms with Crippen LogP contribution >= 0.6 is 22.6 Å². The van der Waals surface area contributed by atoms with Crippen LogP contribution in [0, 0.1) is 17.8 Å². The normalized spacial score (nSPS) is 50.5. The van der Waals surface area contributed by atoms with Crippen LogP contribution in [0.2, 0.25) is 0 Å². The summed E-state index contributed by atoms with van der Waals surface area (Å²) in [7, 11) is 0. The molecule has 0 aromatic carbocycles. The fraction of sp³-hybridized carbons (Fsp3) is 1.00. The molecule has 4 unspecified atom stereocenters. The van der Waals surface area contributed by atoms with Crippen molar-refractivity contribution in [2.45, 2.75) is 44.6 Å². The third kappa shape index (κ3) is 1.76. The minimum atomic E-state index is -0.363. The van der Waals surface area contributed by atoms with E-state index in [-0.39, 0.29) is 5.60 Å². The van der Waals surface area contributed by atoms with Crippen molar-refractivity contribution >= 4 is 22.6 Å². The summed E-state index contributed by atoms with van der Waals surface area (Å²) in [5, 5.41) is 10.4. The van der Waals surface area contributed by atoms with Gasteiger partial charge in [0, 0.05) is 4.43 Å². The quantitative estimate of drug-likeness (QED) is 0.582. The van der Waals surface area contributed by atoms with Crippen LogP contribution in [0.3, 0.4) is 0 Å². The molecule has 1 nitrogen and oxygen atoms in total. The molecule has 1 N–H and O–H groups in total. The molecule has 0 amide bonds. The maximum Gasteiger partial charge on any atom is 0.0683 e. The molecule has 0 saturated heterocycles. The summed E-state index contributed by atoms with van der Waals surface area (Å²) in [4.78, 5) is 0. The van der Waals surface area contributed by atoms with Crippen molar-refractivity contribution in [2.75, 3.05) is 4.43 Å². The van der Waals surface area contributed by atoms with Crippen LogP contribution in [0.5, 0.6) is 0 Å². The summed E-state index contributed by atoms with van der Waals surface area (Å²) in [5.74, 6) is 2.08. The maximum absolute atomic E-state index is 10.4. The van der Waals surface area contributed by atoms with Gasteiger partial charge < -0.3 is 5.11 Å². The van der Waals surface area contributed by atoms with Crippen LogP contribution in [0.1, 0.15) is 39.0 Å². The van der Waals surface area contributed by atoms with E-state index in [2.05, 4.69) is 29.5 Å². The van der Waals surface area contributed by atoms with Crippen molar-refractivity contribution in [1.82, 2.24) is 0 Å². The van der Waals surface area contributed by atoms with E-state index in [1.807, 2.05) is 0 Å². The molecular formula is C11H19IO. The van der Waals surface area contributed by atoms with Gasteiger partial charge in [-0.1, -0.05) is 35.4 Å². The molecule has 2 fully saturated rings. The molecule has 2 heteroatoms. The van der Waals surface area contributed by atoms with Gasteiger partial charge in [-0.25, -0.2) is 0 Å². The molecule has 76 valence electrons. The molecule has 2 rings (SSSR count). The molecule has 0 spiro atoms. The van der Waals surface area contributed by atoms with Gasteiger partial charge in [-0.05, 0) is 43.9 Å². The third-order valence-corrected chi connectivity index (χ3v) is 5.30. The standard InChI is InChI=1S/C11H19IO/c1-11(13)9-4-2-3-8(5-9)6-10(11)7-12/h8-10,13H,2-7H2,1H3. The van der Waals surface area contributed by atoms with Crippen LogP contribution in [0.25, 0.3) is 0 Å². The average molecular weight is 294 g/mol. The molecule has 0 heterocycles. The van der Waals surface area contributed by atoms with Crippen LogP contribution < -0.4 is 0 Å². The number of fused-ring (bicyclic) bond motifs is 2.